The Labute approximate surface area is 141 Å². The normalized spacial score (nSPS) is 22.9. The van der Waals surface area contributed by atoms with Crippen molar-refractivity contribution in [1.82, 2.24) is 4.90 Å². The highest BCUT2D eigenvalue weighted by Gasteiger charge is 2.23. The zero-order chi connectivity index (χ0) is 16.8. The van der Waals surface area contributed by atoms with Crippen LogP contribution in [0, 0.1) is 0 Å². The maximum Gasteiger partial charge on any atom is 0.174 e. The van der Waals surface area contributed by atoms with E-state index in [9.17, 15) is 5.11 Å². The number of para-hydroxylation sites is 2. The van der Waals surface area contributed by atoms with Crippen molar-refractivity contribution in [3.63, 3.8) is 0 Å². The molecule has 1 aromatic rings. The number of oxime groups is 1. The van der Waals surface area contributed by atoms with Gasteiger partial charge in [0.15, 0.2) is 17.6 Å². The first kappa shape index (κ1) is 17.0. The Morgan fingerprint density at radius 3 is 2.88 bits per heavy atom. The van der Waals surface area contributed by atoms with Gasteiger partial charge in [-0.25, -0.2) is 0 Å². The first-order valence-corrected chi connectivity index (χ1v) is 8.25. The second kappa shape index (κ2) is 8.32. The summed E-state index contributed by atoms with van der Waals surface area (Å²) in [4.78, 5) is 7.44. The molecule has 0 bridgehead atoms. The van der Waals surface area contributed by atoms with Gasteiger partial charge >= 0.3 is 0 Å². The van der Waals surface area contributed by atoms with Gasteiger partial charge in [0.25, 0.3) is 0 Å². The molecule has 1 saturated heterocycles. The van der Waals surface area contributed by atoms with Crippen molar-refractivity contribution in [3.05, 3.63) is 24.3 Å². The molecule has 2 heterocycles. The summed E-state index contributed by atoms with van der Waals surface area (Å²) in [5.74, 6) is 1.44. The summed E-state index contributed by atoms with van der Waals surface area (Å²) in [7, 11) is 0. The summed E-state index contributed by atoms with van der Waals surface area (Å²) in [6.07, 6.45) is -0.861. The van der Waals surface area contributed by atoms with Crippen molar-refractivity contribution < 1.29 is 24.2 Å². The molecule has 7 heteroatoms. The number of ether oxygens (including phenoxy) is 3. The number of aliphatic hydroxyl groups excluding tert-OH is 1. The monoisotopic (exact) mass is 336 g/mol. The Hall–Kier alpha value is -1.83. The van der Waals surface area contributed by atoms with Gasteiger partial charge in [-0.2, -0.15) is 0 Å². The number of hydrogen-bond donors (Lipinski definition) is 1. The Morgan fingerprint density at radius 1 is 1.33 bits per heavy atom. The van der Waals surface area contributed by atoms with E-state index in [4.69, 9.17) is 19.0 Å². The molecule has 2 aliphatic heterocycles. The minimum Gasteiger partial charge on any atom is -0.485 e. The average Bonchev–Trinajstić information content (AvgIpc) is 2.62. The number of fused-ring (bicyclic) bond motifs is 1. The van der Waals surface area contributed by atoms with Gasteiger partial charge in [0.1, 0.15) is 19.3 Å². The highest BCUT2D eigenvalue weighted by atomic mass is 16.6. The maximum absolute atomic E-state index is 10.0. The molecule has 1 fully saturated rings. The van der Waals surface area contributed by atoms with Crippen LogP contribution in [0.3, 0.4) is 0 Å². The van der Waals surface area contributed by atoms with Gasteiger partial charge < -0.3 is 24.2 Å². The fraction of sp³-hybridized carbons (Fsp3) is 0.588. The summed E-state index contributed by atoms with van der Waals surface area (Å²) < 4.78 is 16.8. The molecular weight excluding hydrogens is 312 g/mol. The molecular formula is C17H24N2O5. The van der Waals surface area contributed by atoms with Crippen LogP contribution < -0.4 is 9.47 Å². The van der Waals surface area contributed by atoms with E-state index in [-0.39, 0.29) is 12.7 Å². The lowest BCUT2D eigenvalue weighted by Gasteiger charge is -2.28. The number of morpholine rings is 1. The third-order valence-electron chi connectivity index (χ3n) is 4.02. The largest absolute Gasteiger partial charge is 0.485 e. The van der Waals surface area contributed by atoms with Gasteiger partial charge in [0, 0.05) is 19.6 Å². The second-order valence-corrected chi connectivity index (χ2v) is 5.96. The molecule has 0 amide bonds. The zero-order valence-electron chi connectivity index (χ0n) is 13.9. The summed E-state index contributed by atoms with van der Waals surface area (Å²) in [5.41, 5.74) is 0.683. The highest BCUT2D eigenvalue weighted by molar-refractivity contribution is 5.86. The fourth-order valence-corrected chi connectivity index (χ4v) is 2.64. The summed E-state index contributed by atoms with van der Waals surface area (Å²) in [5, 5.41) is 14.1. The van der Waals surface area contributed by atoms with Crippen LogP contribution in [0.4, 0.5) is 0 Å². The van der Waals surface area contributed by atoms with Crippen LogP contribution in [-0.2, 0) is 9.57 Å². The van der Waals surface area contributed by atoms with E-state index < -0.39 is 6.10 Å². The Balaban J connectivity index is 1.43. The van der Waals surface area contributed by atoms with E-state index in [0.717, 1.165) is 18.8 Å². The van der Waals surface area contributed by atoms with E-state index >= 15 is 0 Å². The maximum atomic E-state index is 10.0. The smallest absolute Gasteiger partial charge is 0.174 e. The average molecular weight is 336 g/mol. The Kier molecular flexibility index (Phi) is 5.90. The SMILES string of the molecule is C/C(=N/OC[C@H](O)CN1CCOCC1)[C@H]1COc2ccccc2O1. The number of aliphatic hydroxyl groups is 1. The lowest BCUT2D eigenvalue weighted by molar-refractivity contribution is -0.0137. The minimum atomic E-state index is -0.580. The molecule has 2 atom stereocenters. The molecule has 0 aliphatic carbocycles. The van der Waals surface area contributed by atoms with Gasteiger partial charge in [-0.15, -0.1) is 0 Å². The van der Waals surface area contributed by atoms with Crippen LogP contribution in [0.1, 0.15) is 6.92 Å². The molecule has 2 aliphatic rings. The molecule has 0 saturated carbocycles. The number of hydrogen-bond acceptors (Lipinski definition) is 7. The van der Waals surface area contributed by atoms with Crippen molar-refractivity contribution in [2.75, 3.05) is 46.1 Å². The van der Waals surface area contributed by atoms with Crippen LogP contribution in [0.5, 0.6) is 11.5 Å². The van der Waals surface area contributed by atoms with Crippen LogP contribution in [-0.4, -0.2) is 74.0 Å². The van der Waals surface area contributed by atoms with E-state index in [1.807, 2.05) is 31.2 Å². The van der Waals surface area contributed by atoms with Gasteiger partial charge in [-0.05, 0) is 19.1 Å². The standard InChI is InChI=1S/C17H24N2O5/c1-13(17-12-22-15-4-2-3-5-16(15)24-17)18-23-11-14(20)10-19-6-8-21-9-7-19/h2-5,14,17,20H,6-12H2,1H3/b18-13-/t14-,17-/m1/s1. The van der Waals surface area contributed by atoms with Crippen molar-refractivity contribution in [1.29, 1.82) is 0 Å². The summed E-state index contributed by atoms with van der Waals surface area (Å²) in [6.45, 7) is 6.05. The Bertz CT molecular complexity index is 560. The van der Waals surface area contributed by atoms with Crippen molar-refractivity contribution in [2.24, 2.45) is 5.16 Å². The topological polar surface area (TPSA) is 72.8 Å². The van der Waals surface area contributed by atoms with Crippen LogP contribution in [0.25, 0.3) is 0 Å². The van der Waals surface area contributed by atoms with Crippen LogP contribution >= 0.6 is 0 Å². The molecule has 0 aromatic heterocycles. The van der Waals surface area contributed by atoms with E-state index in [1.165, 1.54) is 0 Å². The summed E-state index contributed by atoms with van der Waals surface area (Å²) in [6, 6.07) is 7.54. The van der Waals surface area contributed by atoms with Crippen molar-refractivity contribution >= 4 is 5.71 Å². The predicted octanol–water partition coefficient (Wildman–Crippen LogP) is 0.912. The van der Waals surface area contributed by atoms with E-state index in [0.29, 0.717) is 37.8 Å². The minimum absolute atomic E-state index is 0.152. The molecule has 1 aromatic carbocycles. The molecule has 0 spiro atoms. The first-order chi connectivity index (χ1) is 11.7. The zero-order valence-corrected chi connectivity index (χ0v) is 13.9. The van der Waals surface area contributed by atoms with Crippen LogP contribution in [0.15, 0.2) is 29.4 Å². The molecule has 1 N–H and O–H groups in total. The predicted molar refractivity (Wildman–Crippen MR) is 88.7 cm³/mol. The number of benzene rings is 1. The Morgan fingerprint density at radius 2 is 2.08 bits per heavy atom. The fourth-order valence-electron chi connectivity index (χ4n) is 2.64. The number of nitrogens with zero attached hydrogens (tertiary/aromatic N) is 2. The summed E-state index contributed by atoms with van der Waals surface area (Å²) >= 11 is 0. The first-order valence-electron chi connectivity index (χ1n) is 8.25. The number of β-amino-alcohol motifs (C(OH)–C–C–N with tert-alkyl or cyclic N) is 1. The third kappa shape index (κ3) is 4.59. The molecule has 0 radical (unpaired) electrons. The number of rotatable bonds is 6. The van der Waals surface area contributed by atoms with Crippen LogP contribution in [0.2, 0.25) is 0 Å². The third-order valence-corrected chi connectivity index (χ3v) is 4.02. The lowest BCUT2D eigenvalue weighted by atomic mass is 10.2. The molecule has 3 rings (SSSR count). The lowest BCUT2D eigenvalue weighted by Crippen LogP contribution is -2.42. The van der Waals surface area contributed by atoms with Gasteiger partial charge in [-0.1, -0.05) is 17.3 Å². The van der Waals surface area contributed by atoms with E-state index in [1.54, 1.807) is 0 Å². The molecule has 24 heavy (non-hydrogen) atoms. The quantitative estimate of drug-likeness (QED) is 0.615. The highest BCUT2D eigenvalue weighted by Crippen LogP contribution is 2.31. The molecule has 132 valence electrons. The van der Waals surface area contributed by atoms with Crippen molar-refractivity contribution in [3.8, 4) is 11.5 Å². The second-order valence-electron chi connectivity index (χ2n) is 5.96. The van der Waals surface area contributed by atoms with E-state index in [2.05, 4.69) is 10.1 Å². The van der Waals surface area contributed by atoms with Gasteiger partial charge in [-0.3, -0.25) is 4.90 Å². The molecule has 7 nitrogen and oxygen atoms in total. The molecule has 0 unspecified atom stereocenters. The van der Waals surface area contributed by atoms with Gasteiger partial charge in [0.05, 0.1) is 18.9 Å². The van der Waals surface area contributed by atoms with Gasteiger partial charge in [0.2, 0.25) is 0 Å². The van der Waals surface area contributed by atoms with Crippen molar-refractivity contribution in [2.45, 2.75) is 19.1 Å².